The van der Waals surface area contributed by atoms with Crippen molar-refractivity contribution < 1.29 is 4.74 Å². The van der Waals surface area contributed by atoms with Crippen molar-refractivity contribution in [2.75, 3.05) is 20.3 Å². The zero-order chi connectivity index (χ0) is 11.2. The van der Waals surface area contributed by atoms with Crippen LogP contribution in [0.4, 0.5) is 0 Å². The molecule has 1 N–H and O–H groups in total. The lowest BCUT2D eigenvalue weighted by molar-refractivity contribution is 0.199. The second-order valence-corrected chi connectivity index (χ2v) is 5.02. The van der Waals surface area contributed by atoms with Gasteiger partial charge in [-0.15, -0.1) is 10.2 Å². The molecule has 6 heteroatoms. The number of ether oxygens (including phenoxy) is 1. The number of hydrogen-bond acceptors (Lipinski definition) is 6. The Hall–Kier alpha value is -0.820. The van der Waals surface area contributed by atoms with Crippen LogP contribution in [0.25, 0.3) is 10.6 Å². The molecule has 0 saturated heterocycles. The minimum absolute atomic E-state index is 0.718. The second-order valence-electron chi connectivity index (χ2n) is 3.18. The first kappa shape index (κ1) is 11.7. The highest BCUT2D eigenvalue weighted by molar-refractivity contribution is 7.15. The number of hydrogen-bond donors (Lipinski definition) is 1. The Kier molecular flexibility index (Phi) is 4.41. The van der Waals surface area contributed by atoms with E-state index in [-0.39, 0.29) is 0 Å². The van der Waals surface area contributed by atoms with Gasteiger partial charge in [-0.25, -0.2) is 0 Å². The van der Waals surface area contributed by atoms with Crippen molar-refractivity contribution in [1.29, 1.82) is 0 Å². The highest BCUT2D eigenvalue weighted by Gasteiger charge is 2.06. The molecule has 0 aliphatic carbocycles. The largest absolute Gasteiger partial charge is 0.383 e. The second kappa shape index (κ2) is 6.05. The van der Waals surface area contributed by atoms with E-state index in [1.807, 2.05) is 5.38 Å². The van der Waals surface area contributed by atoms with Gasteiger partial charge < -0.3 is 10.1 Å². The monoisotopic (exact) mass is 255 g/mol. The van der Waals surface area contributed by atoms with Gasteiger partial charge in [0.1, 0.15) is 10.0 Å². The van der Waals surface area contributed by atoms with Gasteiger partial charge in [-0.2, -0.15) is 11.3 Å². The predicted molar refractivity (Wildman–Crippen MR) is 66.8 cm³/mol. The summed E-state index contributed by atoms with van der Waals surface area (Å²) in [6.07, 6.45) is 0. The van der Waals surface area contributed by atoms with E-state index in [1.165, 1.54) is 0 Å². The molecule has 0 aliphatic heterocycles. The van der Waals surface area contributed by atoms with Crippen molar-refractivity contribution in [2.24, 2.45) is 0 Å². The molecule has 0 aromatic carbocycles. The zero-order valence-corrected chi connectivity index (χ0v) is 10.6. The predicted octanol–water partition coefficient (Wildman–Crippen LogP) is 2.00. The summed E-state index contributed by atoms with van der Waals surface area (Å²) in [5, 5.41) is 17.7. The first-order valence-electron chi connectivity index (χ1n) is 4.95. The molecular formula is C10H13N3OS2. The molecule has 0 saturated carbocycles. The molecule has 0 radical (unpaired) electrons. The van der Waals surface area contributed by atoms with Crippen LogP contribution < -0.4 is 5.32 Å². The van der Waals surface area contributed by atoms with E-state index in [9.17, 15) is 0 Å². The standard InChI is InChI=1S/C10H13N3OS2/c1-14-4-3-11-6-9-12-13-10(16-9)8-2-5-15-7-8/h2,5,7,11H,3-4,6H2,1H3. The van der Waals surface area contributed by atoms with Crippen LogP contribution in [0.1, 0.15) is 5.01 Å². The maximum Gasteiger partial charge on any atom is 0.148 e. The van der Waals surface area contributed by atoms with Crippen molar-refractivity contribution >= 4 is 22.7 Å². The van der Waals surface area contributed by atoms with E-state index < -0.39 is 0 Å². The number of nitrogens with one attached hydrogen (secondary N) is 1. The van der Waals surface area contributed by atoms with E-state index in [2.05, 4.69) is 27.0 Å². The fraction of sp³-hybridized carbons (Fsp3) is 0.400. The highest BCUT2D eigenvalue weighted by atomic mass is 32.1. The molecule has 2 aromatic heterocycles. The van der Waals surface area contributed by atoms with E-state index in [1.54, 1.807) is 29.8 Å². The summed E-state index contributed by atoms with van der Waals surface area (Å²) >= 11 is 3.30. The molecule has 0 atom stereocenters. The van der Waals surface area contributed by atoms with Gasteiger partial charge in [0.25, 0.3) is 0 Å². The summed E-state index contributed by atoms with van der Waals surface area (Å²) in [6.45, 7) is 2.31. The van der Waals surface area contributed by atoms with Gasteiger partial charge in [-0.05, 0) is 11.4 Å². The third-order valence-corrected chi connectivity index (χ3v) is 3.65. The van der Waals surface area contributed by atoms with Gasteiger partial charge in [-0.3, -0.25) is 0 Å². The lowest BCUT2D eigenvalue weighted by atomic mass is 10.4. The topological polar surface area (TPSA) is 47.0 Å². The normalized spacial score (nSPS) is 10.8. The summed E-state index contributed by atoms with van der Waals surface area (Å²) in [6, 6.07) is 2.06. The Morgan fingerprint density at radius 3 is 3.12 bits per heavy atom. The number of rotatable bonds is 6. The molecule has 0 aliphatic rings. The zero-order valence-electron chi connectivity index (χ0n) is 8.97. The van der Waals surface area contributed by atoms with Crippen LogP contribution in [-0.4, -0.2) is 30.5 Å². The molecule has 0 bridgehead atoms. The van der Waals surface area contributed by atoms with Crippen molar-refractivity contribution in [2.45, 2.75) is 6.54 Å². The van der Waals surface area contributed by atoms with Crippen molar-refractivity contribution in [3.05, 3.63) is 21.8 Å². The van der Waals surface area contributed by atoms with E-state index >= 15 is 0 Å². The first-order valence-corrected chi connectivity index (χ1v) is 6.70. The summed E-state index contributed by atoms with van der Waals surface area (Å²) in [7, 11) is 1.70. The van der Waals surface area contributed by atoms with Crippen LogP contribution in [0, 0.1) is 0 Å². The van der Waals surface area contributed by atoms with Crippen LogP contribution in [0.3, 0.4) is 0 Å². The lowest BCUT2D eigenvalue weighted by Crippen LogP contribution is -2.18. The third kappa shape index (κ3) is 3.08. The van der Waals surface area contributed by atoms with Gasteiger partial charge in [0.2, 0.25) is 0 Å². The Morgan fingerprint density at radius 2 is 2.38 bits per heavy atom. The maximum absolute atomic E-state index is 4.95. The highest BCUT2D eigenvalue weighted by Crippen LogP contribution is 2.25. The van der Waals surface area contributed by atoms with Crippen LogP contribution in [0.5, 0.6) is 0 Å². The molecule has 16 heavy (non-hydrogen) atoms. The number of nitrogens with zero attached hydrogens (tertiary/aromatic N) is 2. The molecule has 0 unspecified atom stereocenters. The van der Waals surface area contributed by atoms with Gasteiger partial charge in [0, 0.05) is 31.1 Å². The molecule has 4 nitrogen and oxygen atoms in total. The molecular weight excluding hydrogens is 242 g/mol. The van der Waals surface area contributed by atoms with Crippen LogP contribution in [0.2, 0.25) is 0 Å². The molecule has 2 heterocycles. The summed E-state index contributed by atoms with van der Waals surface area (Å²) in [5.74, 6) is 0. The summed E-state index contributed by atoms with van der Waals surface area (Å²) in [4.78, 5) is 0. The molecule has 0 amide bonds. The molecule has 0 spiro atoms. The average molecular weight is 255 g/mol. The minimum atomic E-state index is 0.718. The maximum atomic E-state index is 4.95. The van der Waals surface area contributed by atoms with Gasteiger partial charge >= 0.3 is 0 Å². The van der Waals surface area contributed by atoms with Crippen LogP contribution in [-0.2, 0) is 11.3 Å². The first-order chi connectivity index (χ1) is 7.90. The number of aromatic nitrogens is 2. The number of thiophene rings is 1. The third-order valence-electron chi connectivity index (χ3n) is 1.99. The fourth-order valence-electron chi connectivity index (χ4n) is 1.20. The van der Waals surface area contributed by atoms with Crippen LogP contribution >= 0.6 is 22.7 Å². The summed E-state index contributed by atoms with van der Waals surface area (Å²) < 4.78 is 4.95. The lowest BCUT2D eigenvalue weighted by Gasteiger charge is -1.99. The number of methoxy groups -OCH3 is 1. The SMILES string of the molecule is COCCNCc1nnc(-c2ccsc2)s1. The Labute approximate surface area is 102 Å². The van der Waals surface area contributed by atoms with E-state index in [4.69, 9.17) is 4.74 Å². The molecule has 2 aromatic rings. The average Bonchev–Trinajstić information content (AvgIpc) is 2.94. The Balaban J connectivity index is 1.88. The molecule has 86 valence electrons. The van der Waals surface area contributed by atoms with Crippen molar-refractivity contribution in [3.63, 3.8) is 0 Å². The van der Waals surface area contributed by atoms with Gasteiger partial charge in [0.15, 0.2) is 0 Å². The quantitative estimate of drug-likeness (QED) is 0.802. The van der Waals surface area contributed by atoms with Gasteiger partial charge in [0.05, 0.1) is 6.61 Å². The van der Waals surface area contributed by atoms with Crippen molar-refractivity contribution in [1.82, 2.24) is 15.5 Å². The van der Waals surface area contributed by atoms with E-state index in [0.717, 1.165) is 35.3 Å². The van der Waals surface area contributed by atoms with Gasteiger partial charge in [-0.1, -0.05) is 11.3 Å². The smallest absolute Gasteiger partial charge is 0.148 e. The van der Waals surface area contributed by atoms with E-state index in [0.29, 0.717) is 0 Å². The summed E-state index contributed by atoms with van der Waals surface area (Å²) in [5.41, 5.74) is 1.16. The fourth-order valence-corrected chi connectivity index (χ4v) is 2.72. The molecule has 2 rings (SSSR count). The Bertz CT molecular complexity index is 413. The minimum Gasteiger partial charge on any atom is -0.383 e. The van der Waals surface area contributed by atoms with Crippen molar-refractivity contribution in [3.8, 4) is 10.6 Å². The Morgan fingerprint density at radius 1 is 1.44 bits per heavy atom. The van der Waals surface area contributed by atoms with Crippen LogP contribution in [0.15, 0.2) is 16.8 Å². The molecule has 0 fully saturated rings.